The standard InChI is InChI=1S/C10H13BrO2/c1-6(2)8-4-3-7(11)5-9(8)10(12)13/h3-4,6-7H,5H2,1-2H3,(H,12,13). The normalized spacial score (nSPS) is 22.6. The van der Waals surface area contributed by atoms with Gasteiger partial charge in [0.15, 0.2) is 0 Å². The number of carboxylic acid groups (broad SMARTS) is 1. The fourth-order valence-corrected chi connectivity index (χ4v) is 1.92. The van der Waals surface area contributed by atoms with Crippen LogP contribution < -0.4 is 0 Å². The van der Waals surface area contributed by atoms with Gasteiger partial charge in [-0.1, -0.05) is 41.9 Å². The lowest BCUT2D eigenvalue weighted by molar-refractivity contribution is -0.132. The minimum atomic E-state index is -0.794. The Morgan fingerprint density at radius 3 is 2.77 bits per heavy atom. The molecule has 0 bridgehead atoms. The van der Waals surface area contributed by atoms with Crippen molar-refractivity contribution in [2.24, 2.45) is 5.92 Å². The van der Waals surface area contributed by atoms with Crippen molar-refractivity contribution >= 4 is 21.9 Å². The lowest BCUT2D eigenvalue weighted by Crippen LogP contribution is -2.14. The summed E-state index contributed by atoms with van der Waals surface area (Å²) in [5.74, 6) is -0.514. The highest BCUT2D eigenvalue weighted by Crippen LogP contribution is 2.28. The van der Waals surface area contributed by atoms with Gasteiger partial charge in [-0.05, 0) is 17.9 Å². The molecule has 0 fully saturated rings. The molecule has 13 heavy (non-hydrogen) atoms. The zero-order chi connectivity index (χ0) is 10.0. The molecule has 0 radical (unpaired) electrons. The molecule has 1 aliphatic rings. The zero-order valence-electron chi connectivity index (χ0n) is 7.75. The van der Waals surface area contributed by atoms with Crippen LogP contribution >= 0.6 is 15.9 Å². The predicted molar refractivity (Wildman–Crippen MR) is 56.0 cm³/mol. The van der Waals surface area contributed by atoms with E-state index in [-0.39, 0.29) is 10.7 Å². The van der Waals surface area contributed by atoms with Crippen molar-refractivity contribution in [1.82, 2.24) is 0 Å². The quantitative estimate of drug-likeness (QED) is 0.759. The van der Waals surface area contributed by atoms with Crippen LogP contribution in [0, 0.1) is 5.92 Å². The van der Waals surface area contributed by atoms with Crippen molar-refractivity contribution in [2.45, 2.75) is 25.1 Å². The Bertz CT molecular complexity index is 277. The first kappa shape index (κ1) is 10.5. The zero-order valence-corrected chi connectivity index (χ0v) is 9.34. The van der Waals surface area contributed by atoms with Gasteiger partial charge >= 0.3 is 5.97 Å². The molecule has 0 aromatic heterocycles. The molecular formula is C10H13BrO2. The molecule has 0 aliphatic heterocycles. The van der Waals surface area contributed by atoms with Crippen molar-refractivity contribution in [3.05, 3.63) is 23.3 Å². The molecule has 1 unspecified atom stereocenters. The van der Waals surface area contributed by atoms with Crippen LogP contribution in [0.4, 0.5) is 0 Å². The molecule has 0 aromatic rings. The molecule has 0 heterocycles. The van der Waals surface area contributed by atoms with Crippen molar-refractivity contribution in [3.8, 4) is 0 Å². The number of allylic oxidation sites excluding steroid dienone is 3. The molecule has 2 nitrogen and oxygen atoms in total. The van der Waals surface area contributed by atoms with Crippen LogP contribution in [0.5, 0.6) is 0 Å². The number of hydrogen-bond acceptors (Lipinski definition) is 1. The summed E-state index contributed by atoms with van der Waals surface area (Å²) in [6, 6.07) is 0. The van der Waals surface area contributed by atoms with Crippen LogP contribution in [0.1, 0.15) is 20.3 Å². The molecule has 0 saturated heterocycles. The SMILES string of the molecule is CC(C)C1=C(C(=O)O)CC(Br)C=C1. The second-order valence-electron chi connectivity index (χ2n) is 3.47. The average Bonchev–Trinajstić information content (AvgIpc) is 2.03. The smallest absolute Gasteiger partial charge is 0.331 e. The second-order valence-corrected chi connectivity index (χ2v) is 4.65. The minimum absolute atomic E-state index is 0.168. The molecule has 1 rings (SSSR count). The van der Waals surface area contributed by atoms with Gasteiger partial charge in [0.1, 0.15) is 0 Å². The molecule has 1 N–H and O–H groups in total. The van der Waals surface area contributed by atoms with Crippen molar-refractivity contribution in [3.63, 3.8) is 0 Å². The van der Waals surface area contributed by atoms with E-state index in [2.05, 4.69) is 15.9 Å². The van der Waals surface area contributed by atoms with Crippen molar-refractivity contribution in [1.29, 1.82) is 0 Å². The Balaban J connectivity index is 3.02. The molecule has 1 atom stereocenters. The van der Waals surface area contributed by atoms with E-state index in [1.54, 1.807) is 0 Å². The van der Waals surface area contributed by atoms with Crippen LogP contribution in [0.3, 0.4) is 0 Å². The molecule has 72 valence electrons. The van der Waals surface area contributed by atoms with Crippen molar-refractivity contribution in [2.75, 3.05) is 0 Å². The molecule has 0 amide bonds. The van der Waals surface area contributed by atoms with Gasteiger partial charge in [0.2, 0.25) is 0 Å². The summed E-state index contributed by atoms with van der Waals surface area (Å²) < 4.78 is 0. The summed E-state index contributed by atoms with van der Waals surface area (Å²) in [5, 5.41) is 8.96. The second kappa shape index (κ2) is 4.09. The number of alkyl halides is 1. The first-order chi connectivity index (χ1) is 6.02. The van der Waals surface area contributed by atoms with Gasteiger partial charge in [-0.3, -0.25) is 0 Å². The molecule has 0 spiro atoms. The van der Waals surface area contributed by atoms with Crippen LogP contribution in [0.2, 0.25) is 0 Å². The largest absolute Gasteiger partial charge is 0.478 e. The van der Waals surface area contributed by atoms with E-state index < -0.39 is 5.97 Å². The van der Waals surface area contributed by atoms with Gasteiger partial charge in [-0.15, -0.1) is 0 Å². The summed E-state index contributed by atoms with van der Waals surface area (Å²) in [7, 11) is 0. The Kier molecular flexibility index (Phi) is 3.31. The minimum Gasteiger partial charge on any atom is -0.478 e. The van der Waals surface area contributed by atoms with Gasteiger partial charge in [-0.2, -0.15) is 0 Å². The van der Waals surface area contributed by atoms with Crippen LogP contribution in [0.15, 0.2) is 23.3 Å². The van der Waals surface area contributed by atoms with Gasteiger partial charge in [-0.25, -0.2) is 4.79 Å². The van der Waals surface area contributed by atoms with E-state index in [0.717, 1.165) is 5.57 Å². The Labute approximate surface area is 86.5 Å². The fourth-order valence-electron chi connectivity index (χ4n) is 1.44. The summed E-state index contributed by atoms with van der Waals surface area (Å²) in [4.78, 5) is 11.1. The predicted octanol–water partition coefficient (Wildman–Crippen LogP) is 2.75. The number of carboxylic acids is 1. The Hall–Kier alpha value is -0.570. The van der Waals surface area contributed by atoms with Gasteiger partial charge < -0.3 is 5.11 Å². The fraction of sp³-hybridized carbons (Fsp3) is 0.500. The van der Waals surface area contributed by atoms with E-state index in [9.17, 15) is 4.79 Å². The maximum absolute atomic E-state index is 10.9. The summed E-state index contributed by atoms with van der Waals surface area (Å²) in [6.07, 6.45) is 4.50. The van der Waals surface area contributed by atoms with Gasteiger partial charge in [0.05, 0.1) is 0 Å². The number of rotatable bonds is 2. The van der Waals surface area contributed by atoms with E-state index in [1.807, 2.05) is 26.0 Å². The Morgan fingerprint density at radius 1 is 1.69 bits per heavy atom. The molecule has 0 aromatic carbocycles. The third-order valence-corrected chi connectivity index (χ3v) is 2.74. The average molecular weight is 245 g/mol. The first-order valence-electron chi connectivity index (χ1n) is 4.31. The van der Waals surface area contributed by atoms with E-state index in [1.165, 1.54) is 0 Å². The van der Waals surface area contributed by atoms with Crippen LogP contribution in [0.25, 0.3) is 0 Å². The lowest BCUT2D eigenvalue weighted by atomic mass is 9.90. The molecule has 1 aliphatic carbocycles. The summed E-state index contributed by atoms with van der Waals surface area (Å²) >= 11 is 3.39. The van der Waals surface area contributed by atoms with Crippen LogP contribution in [-0.4, -0.2) is 15.9 Å². The summed E-state index contributed by atoms with van der Waals surface area (Å²) in [6.45, 7) is 4.02. The van der Waals surface area contributed by atoms with Gasteiger partial charge in [0.25, 0.3) is 0 Å². The third-order valence-electron chi connectivity index (χ3n) is 2.11. The maximum Gasteiger partial charge on any atom is 0.331 e. The highest BCUT2D eigenvalue weighted by molar-refractivity contribution is 9.09. The van der Waals surface area contributed by atoms with E-state index in [0.29, 0.717) is 12.0 Å². The Morgan fingerprint density at radius 2 is 2.31 bits per heavy atom. The molecule has 3 heteroatoms. The monoisotopic (exact) mass is 244 g/mol. The van der Waals surface area contributed by atoms with E-state index in [4.69, 9.17) is 5.11 Å². The summed E-state index contributed by atoms with van der Waals surface area (Å²) in [5.41, 5.74) is 1.49. The van der Waals surface area contributed by atoms with Crippen LogP contribution in [-0.2, 0) is 4.79 Å². The van der Waals surface area contributed by atoms with Crippen molar-refractivity contribution < 1.29 is 9.90 Å². The first-order valence-corrected chi connectivity index (χ1v) is 5.22. The highest BCUT2D eigenvalue weighted by Gasteiger charge is 2.20. The maximum atomic E-state index is 10.9. The van der Waals surface area contributed by atoms with E-state index >= 15 is 0 Å². The number of hydrogen-bond donors (Lipinski definition) is 1. The number of halogens is 1. The topological polar surface area (TPSA) is 37.3 Å². The number of aliphatic carboxylic acids is 1. The molecular weight excluding hydrogens is 232 g/mol. The third kappa shape index (κ3) is 2.44. The highest BCUT2D eigenvalue weighted by atomic mass is 79.9. The number of carbonyl (C=O) groups is 1. The van der Waals surface area contributed by atoms with Gasteiger partial charge in [0, 0.05) is 10.4 Å². The molecule has 0 saturated carbocycles. The lowest BCUT2D eigenvalue weighted by Gasteiger charge is -2.18.